The second-order valence-electron chi connectivity index (χ2n) is 7.43. The van der Waals surface area contributed by atoms with Crippen LogP contribution in [0.15, 0.2) is 36.4 Å². The second-order valence-corrected chi connectivity index (χ2v) is 7.43. The Morgan fingerprint density at radius 2 is 1.96 bits per heavy atom. The number of halogens is 3. The monoisotopic (exact) mass is 394 g/mol. The Bertz CT molecular complexity index is 802. The molecule has 152 valence electrons. The minimum Gasteiger partial charge on any atom is -0.466 e. The minimum absolute atomic E-state index is 0.0549. The number of rotatable bonds is 5. The first-order chi connectivity index (χ1) is 13.3. The standard InChI is InChI=1S/C21H25F3N2O2/c1-3-28-20(27)18-10-9-17(11-14(18)2)26-19(21(22,23)24)13-16(25-26)12-15-7-5-4-6-8-15/h4-8,13-14,17-18H,3,9-12H2,1-2H3/t14-,17+,18+/m1/s1. The van der Waals surface area contributed by atoms with Gasteiger partial charge in [-0.2, -0.15) is 18.3 Å². The van der Waals surface area contributed by atoms with Crippen LogP contribution in [0.5, 0.6) is 0 Å². The summed E-state index contributed by atoms with van der Waals surface area (Å²) in [6.07, 6.45) is -2.66. The Balaban J connectivity index is 1.82. The largest absolute Gasteiger partial charge is 0.466 e. The molecule has 3 atom stereocenters. The molecule has 1 aromatic carbocycles. The Labute approximate surface area is 162 Å². The zero-order valence-electron chi connectivity index (χ0n) is 16.1. The summed E-state index contributed by atoms with van der Waals surface area (Å²) < 4.78 is 47.1. The molecule has 0 N–H and O–H groups in total. The molecule has 1 aromatic heterocycles. The molecule has 1 heterocycles. The number of esters is 1. The van der Waals surface area contributed by atoms with Gasteiger partial charge in [-0.05, 0) is 43.7 Å². The fourth-order valence-electron chi connectivity index (χ4n) is 4.02. The van der Waals surface area contributed by atoms with Gasteiger partial charge in [0, 0.05) is 6.42 Å². The molecule has 3 rings (SSSR count). The van der Waals surface area contributed by atoms with Crippen LogP contribution in [0.1, 0.15) is 56.1 Å². The second kappa shape index (κ2) is 8.37. The highest BCUT2D eigenvalue weighted by Gasteiger charge is 2.40. The van der Waals surface area contributed by atoms with Crippen molar-refractivity contribution in [2.45, 2.75) is 51.7 Å². The summed E-state index contributed by atoms with van der Waals surface area (Å²) in [5.74, 6) is -0.569. The topological polar surface area (TPSA) is 44.1 Å². The van der Waals surface area contributed by atoms with Gasteiger partial charge in [-0.3, -0.25) is 9.48 Å². The van der Waals surface area contributed by atoms with Crippen LogP contribution in [0.3, 0.4) is 0 Å². The number of aromatic nitrogens is 2. The predicted molar refractivity (Wildman–Crippen MR) is 98.7 cm³/mol. The van der Waals surface area contributed by atoms with Crippen molar-refractivity contribution in [1.82, 2.24) is 9.78 Å². The number of nitrogens with zero attached hydrogens (tertiary/aromatic N) is 2. The van der Waals surface area contributed by atoms with Gasteiger partial charge in [0.2, 0.25) is 0 Å². The van der Waals surface area contributed by atoms with Gasteiger partial charge in [0.05, 0.1) is 24.3 Å². The Morgan fingerprint density at radius 1 is 1.25 bits per heavy atom. The van der Waals surface area contributed by atoms with E-state index < -0.39 is 11.9 Å². The van der Waals surface area contributed by atoms with Crippen molar-refractivity contribution in [2.24, 2.45) is 11.8 Å². The molecule has 0 unspecified atom stereocenters. The first-order valence-corrected chi connectivity index (χ1v) is 9.65. The highest BCUT2D eigenvalue weighted by molar-refractivity contribution is 5.72. The number of ether oxygens (including phenoxy) is 1. The van der Waals surface area contributed by atoms with Crippen LogP contribution < -0.4 is 0 Å². The van der Waals surface area contributed by atoms with E-state index in [-0.39, 0.29) is 23.8 Å². The zero-order valence-corrected chi connectivity index (χ0v) is 16.1. The van der Waals surface area contributed by atoms with E-state index in [2.05, 4.69) is 5.10 Å². The lowest BCUT2D eigenvalue weighted by Gasteiger charge is -2.33. The van der Waals surface area contributed by atoms with Crippen LogP contribution in [-0.4, -0.2) is 22.4 Å². The fourth-order valence-corrected chi connectivity index (χ4v) is 4.02. The Morgan fingerprint density at radius 3 is 2.57 bits per heavy atom. The van der Waals surface area contributed by atoms with E-state index in [1.807, 2.05) is 37.3 Å². The maximum atomic E-state index is 13.6. The minimum atomic E-state index is -4.47. The van der Waals surface area contributed by atoms with E-state index >= 15 is 0 Å². The molecule has 1 fully saturated rings. The van der Waals surface area contributed by atoms with Crippen molar-refractivity contribution >= 4 is 5.97 Å². The van der Waals surface area contributed by atoms with E-state index in [4.69, 9.17) is 4.74 Å². The third-order valence-electron chi connectivity index (χ3n) is 5.38. The summed E-state index contributed by atoms with van der Waals surface area (Å²) in [5.41, 5.74) is 0.601. The third kappa shape index (κ3) is 4.56. The highest BCUT2D eigenvalue weighted by Crippen LogP contribution is 2.40. The fraction of sp³-hybridized carbons (Fsp3) is 0.524. The van der Waals surface area contributed by atoms with E-state index in [9.17, 15) is 18.0 Å². The Hall–Kier alpha value is -2.31. The highest BCUT2D eigenvalue weighted by atomic mass is 19.4. The maximum Gasteiger partial charge on any atom is 0.433 e. The van der Waals surface area contributed by atoms with Crippen molar-refractivity contribution in [2.75, 3.05) is 6.61 Å². The summed E-state index contributed by atoms with van der Waals surface area (Å²) in [6, 6.07) is 10.1. The van der Waals surface area contributed by atoms with Crippen LogP contribution in [0.4, 0.5) is 13.2 Å². The summed E-state index contributed by atoms with van der Waals surface area (Å²) in [5, 5.41) is 4.32. The number of hydrogen-bond acceptors (Lipinski definition) is 3. The third-order valence-corrected chi connectivity index (χ3v) is 5.38. The van der Waals surface area contributed by atoms with Gasteiger partial charge in [-0.15, -0.1) is 0 Å². The number of benzene rings is 1. The van der Waals surface area contributed by atoms with Crippen molar-refractivity contribution in [3.05, 3.63) is 53.3 Å². The normalized spacial score (nSPS) is 22.8. The van der Waals surface area contributed by atoms with Gasteiger partial charge < -0.3 is 4.74 Å². The predicted octanol–water partition coefficient (Wildman–Crippen LogP) is 5.03. The summed E-state index contributed by atoms with van der Waals surface area (Å²) >= 11 is 0. The van der Waals surface area contributed by atoms with Crippen LogP contribution in [0.25, 0.3) is 0 Å². The van der Waals surface area contributed by atoms with E-state index in [0.29, 0.717) is 38.0 Å². The number of carbonyl (C=O) groups is 1. The molecule has 7 heteroatoms. The number of carbonyl (C=O) groups excluding carboxylic acids is 1. The molecule has 0 saturated heterocycles. The molecule has 0 amide bonds. The molecule has 0 radical (unpaired) electrons. The Kier molecular flexibility index (Phi) is 6.10. The van der Waals surface area contributed by atoms with Gasteiger partial charge in [-0.25, -0.2) is 0 Å². The smallest absolute Gasteiger partial charge is 0.433 e. The van der Waals surface area contributed by atoms with Crippen LogP contribution in [-0.2, 0) is 22.1 Å². The molecular formula is C21H25F3N2O2. The molecule has 1 aliphatic rings. The molecule has 0 bridgehead atoms. The summed E-state index contributed by atoms with van der Waals surface area (Å²) in [4.78, 5) is 12.1. The van der Waals surface area contributed by atoms with Crippen molar-refractivity contribution in [3.8, 4) is 0 Å². The van der Waals surface area contributed by atoms with Gasteiger partial charge in [0.15, 0.2) is 0 Å². The van der Waals surface area contributed by atoms with E-state index in [1.54, 1.807) is 6.92 Å². The summed E-state index contributed by atoms with van der Waals surface area (Å²) in [7, 11) is 0. The van der Waals surface area contributed by atoms with Crippen molar-refractivity contribution in [1.29, 1.82) is 0 Å². The molecular weight excluding hydrogens is 369 g/mol. The van der Waals surface area contributed by atoms with Crippen molar-refractivity contribution < 1.29 is 22.7 Å². The lowest BCUT2D eigenvalue weighted by atomic mass is 9.78. The molecule has 0 spiro atoms. The van der Waals surface area contributed by atoms with Crippen LogP contribution in [0, 0.1) is 11.8 Å². The summed E-state index contributed by atoms with van der Waals surface area (Å²) in [6.45, 7) is 3.96. The van der Waals surface area contributed by atoms with E-state index in [0.717, 1.165) is 16.3 Å². The number of hydrogen-bond donors (Lipinski definition) is 0. The first-order valence-electron chi connectivity index (χ1n) is 9.65. The molecule has 2 aromatic rings. The average Bonchev–Trinajstić information content (AvgIpc) is 3.07. The van der Waals surface area contributed by atoms with Gasteiger partial charge in [0.1, 0.15) is 5.69 Å². The molecule has 28 heavy (non-hydrogen) atoms. The lowest BCUT2D eigenvalue weighted by molar-refractivity contribution is -0.153. The molecule has 1 aliphatic carbocycles. The van der Waals surface area contributed by atoms with Crippen LogP contribution >= 0.6 is 0 Å². The average molecular weight is 394 g/mol. The molecule has 4 nitrogen and oxygen atoms in total. The maximum absolute atomic E-state index is 13.6. The SMILES string of the molecule is CCOC(=O)[C@H]1CC[C@H](n2nc(Cc3ccccc3)cc2C(F)(F)F)C[C@H]1C. The molecule has 0 aliphatic heterocycles. The lowest BCUT2D eigenvalue weighted by Crippen LogP contribution is -2.33. The van der Waals surface area contributed by atoms with Crippen LogP contribution in [0.2, 0.25) is 0 Å². The van der Waals surface area contributed by atoms with E-state index in [1.165, 1.54) is 0 Å². The number of alkyl halides is 3. The first kappa shape index (κ1) is 20.4. The van der Waals surface area contributed by atoms with Gasteiger partial charge in [-0.1, -0.05) is 37.3 Å². The quantitative estimate of drug-likeness (QED) is 0.668. The van der Waals surface area contributed by atoms with Gasteiger partial charge >= 0.3 is 12.1 Å². The van der Waals surface area contributed by atoms with Crippen molar-refractivity contribution in [3.63, 3.8) is 0 Å². The zero-order chi connectivity index (χ0) is 20.3. The molecule has 1 saturated carbocycles. The van der Waals surface area contributed by atoms with Gasteiger partial charge in [0.25, 0.3) is 0 Å².